The number of aryl methyl sites for hydroxylation is 1. The second-order valence-corrected chi connectivity index (χ2v) is 3.94. The van der Waals surface area contributed by atoms with Gasteiger partial charge in [0.05, 0.1) is 6.26 Å². The van der Waals surface area contributed by atoms with E-state index in [1.165, 1.54) is 0 Å². The van der Waals surface area contributed by atoms with E-state index in [0.29, 0.717) is 17.5 Å². The lowest BCUT2D eigenvalue weighted by molar-refractivity contribution is 0.373. The molecule has 2 aromatic rings. The maximum atomic E-state index is 5.43. The zero-order valence-corrected chi connectivity index (χ0v) is 9.76. The van der Waals surface area contributed by atoms with Gasteiger partial charge < -0.3 is 14.7 Å². The minimum Gasteiger partial charge on any atom is -0.461 e. The number of hydrogen-bond donors (Lipinski definition) is 1. The lowest BCUT2D eigenvalue weighted by atomic mass is 10.1. The normalized spacial score (nSPS) is 10.9. The van der Waals surface area contributed by atoms with Crippen molar-refractivity contribution in [1.29, 1.82) is 0 Å². The summed E-state index contributed by atoms with van der Waals surface area (Å²) < 4.78 is 10.3. The summed E-state index contributed by atoms with van der Waals surface area (Å²) in [4.78, 5) is 4.27. The van der Waals surface area contributed by atoms with Crippen LogP contribution in [0, 0.1) is 0 Å². The van der Waals surface area contributed by atoms with Crippen molar-refractivity contribution in [3.05, 3.63) is 24.3 Å². The molecule has 2 heterocycles. The molecule has 5 nitrogen and oxygen atoms in total. The van der Waals surface area contributed by atoms with E-state index in [0.717, 1.165) is 38.6 Å². The molecule has 0 unspecified atom stereocenters. The third kappa shape index (κ3) is 3.42. The molecule has 0 aliphatic rings. The Hall–Kier alpha value is -1.62. The lowest BCUT2D eigenvalue weighted by Gasteiger charge is -1.95. The first-order valence-corrected chi connectivity index (χ1v) is 5.96. The number of rotatable bonds is 7. The molecular weight excluding hydrogens is 218 g/mol. The smallest absolute Gasteiger partial charge is 0.238 e. The van der Waals surface area contributed by atoms with Gasteiger partial charge in [-0.05, 0) is 31.5 Å². The summed E-state index contributed by atoms with van der Waals surface area (Å²) in [6.07, 6.45) is 6.86. The molecule has 2 N–H and O–H groups in total. The molecule has 0 bridgehead atoms. The Morgan fingerprint density at radius 3 is 2.82 bits per heavy atom. The fraction of sp³-hybridized carbons (Fsp3) is 0.500. The van der Waals surface area contributed by atoms with Crippen molar-refractivity contribution >= 4 is 0 Å². The summed E-state index contributed by atoms with van der Waals surface area (Å²) in [7, 11) is 0. The zero-order valence-electron chi connectivity index (χ0n) is 9.76. The highest BCUT2D eigenvalue weighted by atomic mass is 16.5. The lowest BCUT2D eigenvalue weighted by Crippen LogP contribution is -1.97. The number of aromatic nitrogens is 2. The van der Waals surface area contributed by atoms with Gasteiger partial charge >= 0.3 is 0 Å². The highest BCUT2D eigenvalue weighted by Crippen LogP contribution is 2.16. The largest absolute Gasteiger partial charge is 0.461 e. The van der Waals surface area contributed by atoms with Crippen LogP contribution in [0.15, 0.2) is 27.3 Å². The van der Waals surface area contributed by atoms with Gasteiger partial charge in [-0.2, -0.15) is 4.98 Å². The number of furan rings is 1. The topological polar surface area (TPSA) is 78.1 Å². The molecular formula is C12H17N3O2. The van der Waals surface area contributed by atoms with Crippen molar-refractivity contribution in [3.8, 4) is 11.6 Å². The maximum Gasteiger partial charge on any atom is 0.238 e. The first kappa shape index (κ1) is 11.9. The minimum atomic E-state index is 0.520. The van der Waals surface area contributed by atoms with Crippen molar-refractivity contribution in [1.82, 2.24) is 10.1 Å². The molecule has 5 heteroatoms. The Labute approximate surface area is 100.0 Å². The Bertz CT molecular complexity index is 423. The number of nitrogens with zero attached hydrogens (tertiary/aromatic N) is 2. The maximum absolute atomic E-state index is 5.43. The Morgan fingerprint density at radius 2 is 2.06 bits per heavy atom. The molecule has 0 atom stereocenters. The molecule has 0 spiro atoms. The van der Waals surface area contributed by atoms with Gasteiger partial charge in [-0.15, -0.1) is 0 Å². The predicted octanol–water partition coefficient (Wildman–Crippen LogP) is 2.39. The average molecular weight is 235 g/mol. The van der Waals surface area contributed by atoms with E-state index in [1.54, 1.807) is 12.3 Å². The van der Waals surface area contributed by atoms with E-state index in [9.17, 15) is 0 Å². The molecule has 0 saturated carbocycles. The van der Waals surface area contributed by atoms with Gasteiger partial charge in [0, 0.05) is 6.42 Å². The monoisotopic (exact) mass is 235 g/mol. The van der Waals surface area contributed by atoms with Gasteiger partial charge in [0.25, 0.3) is 0 Å². The van der Waals surface area contributed by atoms with Crippen LogP contribution in [0.4, 0.5) is 0 Å². The molecule has 0 amide bonds. The summed E-state index contributed by atoms with van der Waals surface area (Å²) in [5.74, 6) is 1.83. The van der Waals surface area contributed by atoms with Crippen LogP contribution in [0.1, 0.15) is 31.6 Å². The summed E-state index contributed by atoms with van der Waals surface area (Å²) >= 11 is 0. The Balaban J connectivity index is 1.79. The third-order valence-corrected chi connectivity index (χ3v) is 2.55. The van der Waals surface area contributed by atoms with E-state index in [1.807, 2.05) is 6.07 Å². The molecule has 0 aromatic carbocycles. The van der Waals surface area contributed by atoms with Crippen molar-refractivity contribution < 1.29 is 8.94 Å². The van der Waals surface area contributed by atoms with Gasteiger partial charge in [-0.1, -0.05) is 18.0 Å². The van der Waals surface area contributed by atoms with Crippen LogP contribution in [0.3, 0.4) is 0 Å². The fourth-order valence-corrected chi connectivity index (χ4v) is 1.64. The standard InChI is InChI=1S/C12H17N3O2/c13-8-4-2-1-3-7-11-14-12(15-17-11)10-6-5-9-16-10/h5-6,9H,1-4,7-8,13H2. The average Bonchev–Trinajstić information content (AvgIpc) is 2.99. The number of nitrogens with two attached hydrogens (primary N) is 1. The second-order valence-electron chi connectivity index (χ2n) is 3.94. The Kier molecular flexibility index (Phi) is 4.32. The van der Waals surface area contributed by atoms with Crippen molar-refractivity contribution in [2.45, 2.75) is 32.1 Å². The van der Waals surface area contributed by atoms with Crippen LogP contribution in [0.5, 0.6) is 0 Å². The number of hydrogen-bond acceptors (Lipinski definition) is 5. The minimum absolute atomic E-state index is 0.520. The van der Waals surface area contributed by atoms with Gasteiger partial charge in [0.15, 0.2) is 5.76 Å². The number of unbranched alkanes of at least 4 members (excludes halogenated alkanes) is 3. The molecule has 0 saturated heterocycles. The SMILES string of the molecule is NCCCCCCc1nc(-c2ccco2)no1. The van der Waals surface area contributed by atoms with Crippen LogP contribution in [0.2, 0.25) is 0 Å². The van der Waals surface area contributed by atoms with Gasteiger partial charge in [0.1, 0.15) is 0 Å². The van der Waals surface area contributed by atoms with Crippen molar-refractivity contribution in [2.75, 3.05) is 6.54 Å². The quantitative estimate of drug-likeness (QED) is 0.745. The zero-order chi connectivity index (χ0) is 11.9. The molecule has 0 aliphatic carbocycles. The molecule has 2 rings (SSSR count). The van der Waals surface area contributed by atoms with Crippen LogP contribution in [-0.4, -0.2) is 16.7 Å². The van der Waals surface area contributed by atoms with Crippen molar-refractivity contribution in [3.63, 3.8) is 0 Å². The summed E-state index contributed by atoms with van der Waals surface area (Å²) in [5, 5.41) is 3.87. The van der Waals surface area contributed by atoms with Gasteiger partial charge in [-0.25, -0.2) is 0 Å². The Morgan fingerprint density at radius 1 is 1.18 bits per heavy atom. The third-order valence-electron chi connectivity index (χ3n) is 2.55. The van der Waals surface area contributed by atoms with Gasteiger partial charge in [0.2, 0.25) is 11.7 Å². The predicted molar refractivity (Wildman–Crippen MR) is 63.2 cm³/mol. The van der Waals surface area contributed by atoms with E-state index in [4.69, 9.17) is 14.7 Å². The molecule has 0 fully saturated rings. The van der Waals surface area contributed by atoms with E-state index in [-0.39, 0.29) is 0 Å². The molecule has 0 radical (unpaired) electrons. The van der Waals surface area contributed by atoms with E-state index >= 15 is 0 Å². The molecule has 17 heavy (non-hydrogen) atoms. The van der Waals surface area contributed by atoms with Crippen LogP contribution >= 0.6 is 0 Å². The van der Waals surface area contributed by atoms with Crippen LogP contribution in [-0.2, 0) is 6.42 Å². The first-order chi connectivity index (χ1) is 8.40. The van der Waals surface area contributed by atoms with Crippen LogP contribution < -0.4 is 5.73 Å². The van der Waals surface area contributed by atoms with Gasteiger partial charge in [-0.3, -0.25) is 0 Å². The summed E-state index contributed by atoms with van der Waals surface area (Å²) in [5.41, 5.74) is 5.43. The summed E-state index contributed by atoms with van der Waals surface area (Å²) in [6, 6.07) is 3.62. The van der Waals surface area contributed by atoms with E-state index < -0.39 is 0 Å². The van der Waals surface area contributed by atoms with Crippen LogP contribution in [0.25, 0.3) is 11.6 Å². The molecule has 0 aliphatic heterocycles. The molecule has 2 aromatic heterocycles. The van der Waals surface area contributed by atoms with Crippen molar-refractivity contribution in [2.24, 2.45) is 5.73 Å². The summed E-state index contributed by atoms with van der Waals surface area (Å²) in [6.45, 7) is 0.767. The molecule has 92 valence electrons. The second kappa shape index (κ2) is 6.20. The fourth-order valence-electron chi connectivity index (χ4n) is 1.64. The highest BCUT2D eigenvalue weighted by Gasteiger charge is 2.09. The first-order valence-electron chi connectivity index (χ1n) is 5.96. The van der Waals surface area contributed by atoms with E-state index in [2.05, 4.69) is 10.1 Å². The highest BCUT2D eigenvalue weighted by molar-refractivity contribution is 5.44.